The molecule has 1 spiro atoms. The number of hydrogen-bond donors (Lipinski definition) is 2. The smallest absolute Gasteiger partial charge is 0.219 e. The molecule has 39 heavy (non-hydrogen) atoms. The van der Waals surface area contributed by atoms with Crippen LogP contribution in [0.3, 0.4) is 0 Å². The molecule has 0 amide bonds. The van der Waals surface area contributed by atoms with E-state index in [9.17, 15) is 5.11 Å². The van der Waals surface area contributed by atoms with E-state index in [0.717, 1.165) is 62.3 Å². The molecule has 2 heterocycles. The molecular formula is C31H30BrClN2O3S. The molecule has 0 bridgehead atoms. The van der Waals surface area contributed by atoms with Gasteiger partial charge >= 0.3 is 0 Å². The number of aliphatic hydroxyl groups is 1. The van der Waals surface area contributed by atoms with Crippen LogP contribution in [-0.4, -0.2) is 23.9 Å². The second kappa shape index (κ2) is 10.9. The van der Waals surface area contributed by atoms with Gasteiger partial charge in [0, 0.05) is 27.2 Å². The lowest BCUT2D eigenvalue weighted by atomic mass is 9.74. The van der Waals surface area contributed by atoms with Crippen molar-refractivity contribution in [3.05, 3.63) is 115 Å². The van der Waals surface area contributed by atoms with Crippen LogP contribution in [0.25, 0.3) is 0 Å². The summed E-state index contributed by atoms with van der Waals surface area (Å²) < 4.78 is 14.2. The Morgan fingerprint density at radius 1 is 1.13 bits per heavy atom. The summed E-state index contributed by atoms with van der Waals surface area (Å²) in [5.74, 6) is 0.577. The first-order valence-corrected chi connectivity index (χ1v) is 15.5. The highest BCUT2D eigenvalue weighted by Crippen LogP contribution is 2.50. The van der Waals surface area contributed by atoms with E-state index >= 15 is 0 Å². The molecule has 1 aliphatic carbocycles. The molecule has 3 aromatic rings. The van der Waals surface area contributed by atoms with Crippen LogP contribution >= 0.6 is 39.3 Å². The Morgan fingerprint density at radius 3 is 2.72 bits per heavy atom. The molecular weight excluding hydrogens is 596 g/mol. The average molecular weight is 626 g/mol. The normalized spacial score (nSPS) is 24.1. The van der Waals surface area contributed by atoms with Gasteiger partial charge in [0.1, 0.15) is 6.61 Å². The molecule has 8 heteroatoms. The number of aliphatic imine (C=N–C) groups is 1. The van der Waals surface area contributed by atoms with Crippen LogP contribution < -0.4 is 5.32 Å². The van der Waals surface area contributed by atoms with Gasteiger partial charge in [0.15, 0.2) is 0 Å². The maximum absolute atomic E-state index is 10.2. The molecule has 2 N–H and O–H groups in total. The van der Waals surface area contributed by atoms with Crippen LogP contribution in [-0.2, 0) is 39.7 Å². The summed E-state index contributed by atoms with van der Waals surface area (Å²) in [4.78, 5) is 4.33. The van der Waals surface area contributed by atoms with Crippen molar-refractivity contribution < 1.29 is 14.6 Å². The summed E-state index contributed by atoms with van der Waals surface area (Å²) in [5.41, 5.74) is 6.65. The predicted molar refractivity (Wildman–Crippen MR) is 161 cm³/mol. The fourth-order valence-electron chi connectivity index (χ4n) is 5.95. The van der Waals surface area contributed by atoms with Gasteiger partial charge in [-0.2, -0.15) is 0 Å². The van der Waals surface area contributed by atoms with Crippen molar-refractivity contribution in [2.24, 2.45) is 4.99 Å². The molecule has 0 saturated heterocycles. The molecule has 0 fully saturated rings. The summed E-state index contributed by atoms with van der Waals surface area (Å²) in [6.07, 6.45) is 5.54. The molecule has 202 valence electrons. The summed E-state index contributed by atoms with van der Waals surface area (Å²) in [7, 11) is 0. The Kier molecular flexibility index (Phi) is 7.55. The van der Waals surface area contributed by atoms with Crippen LogP contribution in [0.4, 0.5) is 0 Å². The highest BCUT2D eigenvalue weighted by Gasteiger charge is 2.48. The van der Waals surface area contributed by atoms with E-state index in [1.165, 1.54) is 5.56 Å². The maximum Gasteiger partial charge on any atom is 0.219 e. The minimum Gasteiger partial charge on any atom is -0.473 e. The molecule has 2 unspecified atom stereocenters. The van der Waals surface area contributed by atoms with Gasteiger partial charge in [-0.25, -0.2) is 4.99 Å². The van der Waals surface area contributed by atoms with Gasteiger partial charge in [-0.15, -0.1) is 11.8 Å². The van der Waals surface area contributed by atoms with Gasteiger partial charge in [0.2, 0.25) is 10.9 Å². The quantitative estimate of drug-likeness (QED) is 0.314. The molecule has 6 rings (SSSR count). The van der Waals surface area contributed by atoms with Crippen LogP contribution in [0, 0.1) is 0 Å². The second-order valence-electron chi connectivity index (χ2n) is 10.2. The van der Waals surface area contributed by atoms with E-state index in [1.54, 1.807) is 11.8 Å². The van der Waals surface area contributed by atoms with Gasteiger partial charge in [0.25, 0.3) is 0 Å². The van der Waals surface area contributed by atoms with Gasteiger partial charge < -0.3 is 19.9 Å². The van der Waals surface area contributed by atoms with Crippen LogP contribution in [0.2, 0.25) is 5.02 Å². The molecule has 5 nitrogen and oxygen atoms in total. The lowest BCUT2D eigenvalue weighted by Crippen LogP contribution is -2.49. The lowest BCUT2D eigenvalue weighted by Gasteiger charge is -2.47. The summed E-state index contributed by atoms with van der Waals surface area (Å²) in [5, 5.41) is 14.8. The summed E-state index contributed by atoms with van der Waals surface area (Å²) >= 11 is 12.0. The third-order valence-corrected chi connectivity index (χ3v) is 9.68. The largest absolute Gasteiger partial charge is 0.473 e. The maximum atomic E-state index is 10.2. The van der Waals surface area contributed by atoms with Crippen molar-refractivity contribution in [2.75, 3.05) is 12.9 Å². The summed E-state index contributed by atoms with van der Waals surface area (Å²) in [6, 6.07) is 22.1. The first-order chi connectivity index (χ1) is 19.0. The van der Waals surface area contributed by atoms with Crippen molar-refractivity contribution in [1.82, 2.24) is 5.32 Å². The number of benzene rings is 3. The third-order valence-electron chi connectivity index (χ3n) is 7.88. The highest BCUT2D eigenvalue weighted by atomic mass is 79.9. The van der Waals surface area contributed by atoms with Crippen molar-refractivity contribution in [1.29, 1.82) is 0 Å². The van der Waals surface area contributed by atoms with E-state index in [2.05, 4.69) is 27.3 Å². The monoisotopic (exact) mass is 624 g/mol. The van der Waals surface area contributed by atoms with E-state index in [4.69, 9.17) is 26.1 Å². The fraction of sp³-hybridized carbons (Fsp3) is 0.323. The number of aliphatic hydroxyl groups excluding tert-OH is 1. The molecule has 3 aromatic carbocycles. The third kappa shape index (κ3) is 4.93. The Morgan fingerprint density at radius 2 is 1.92 bits per heavy atom. The lowest BCUT2D eigenvalue weighted by molar-refractivity contribution is -0.0631. The zero-order valence-corrected chi connectivity index (χ0v) is 24.8. The van der Waals surface area contributed by atoms with Crippen molar-refractivity contribution >= 4 is 45.2 Å². The number of ether oxygens (including phenoxy) is 2. The predicted octanol–water partition coefficient (Wildman–Crippen LogP) is 7.19. The van der Waals surface area contributed by atoms with E-state index < -0.39 is 10.6 Å². The molecule has 0 radical (unpaired) electrons. The SMILES string of the molecule is CSC1(c2ccccc2CO)N=C(OCc2ccccc2)C2=C(CC3(CCCc4c(Cl)cc(Br)cc43)OC2)N1. The molecule has 2 atom stereocenters. The van der Waals surface area contributed by atoms with Crippen molar-refractivity contribution in [2.45, 2.75) is 49.5 Å². The van der Waals surface area contributed by atoms with E-state index in [1.807, 2.05) is 66.9 Å². The Balaban J connectivity index is 1.44. The topological polar surface area (TPSA) is 63.1 Å². The Hall–Kier alpha value is -2.29. The van der Waals surface area contributed by atoms with E-state index in [0.29, 0.717) is 25.5 Å². The van der Waals surface area contributed by atoms with Crippen LogP contribution in [0.15, 0.2) is 87.5 Å². The Bertz CT molecular complexity index is 1460. The molecule has 0 aromatic heterocycles. The zero-order chi connectivity index (χ0) is 27.0. The first kappa shape index (κ1) is 26.9. The number of hydrogen-bond acceptors (Lipinski definition) is 6. The van der Waals surface area contributed by atoms with Gasteiger partial charge in [-0.3, -0.25) is 0 Å². The minimum atomic E-state index is -0.852. The molecule has 0 saturated carbocycles. The number of fused-ring (bicyclic) bond motifs is 2. The van der Waals surface area contributed by atoms with Gasteiger partial charge in [0.05, 0.1) is 24.4 Å². The summed E-state index contributed by atoms with van der Waals surface area (Å²) in [6.45, 7) is 0.708. The number of nitrogens with one attached hydrogen (secondary N) is 1. The van der Waals surface area contributed by atoms with Gasteiger partial charge in [-0.05, 0) is 59.9 Å². The number of thioether (sulfide) groups is 1. The highest BCUT2D eigenvalue weighted by molar-refractivity contribution is 9.10. The second-order valence-corrected chi connectivity index (χ2v) is 12.5. The Labute approximate surface area is 246 Å². The molecule has 3 aliphatic rings. The minimum absolute atomic E-state index is 0.0747. The van der Waals surface area contributed by atoms with Crippen molar-refractivity contribution in [3.8, 4) is 0 Å². The van der Waals surface area contributed by atoms with Crippen LogP contribution in [0.5, 0.6) is 0 Å². The van der Waals surface area contributed by atoms with Crippen molar-refractivity contribution in [3.63, 3.8) is 0 Å². The number of nitrogens with zero attached hydrogens (tertiary/aromatic N) is 1. The van der Waals surface area contributed by atoms with Crippen LogP contribution in [0.1, 0.15) is 47.1 Å². The van der Waals surface area contributed by atoms with E-state index in [-0.39, 0.29) is 6.61 Å². The number of rotatable bonds is 5. The fourth-order valence-corrected chi connectivity index (χ4v) is 7.67. The number of halogens is 2. The standard InChI is InChI=1S/C31H30BrClN2O3S/c1-39-31(25-12-6-5-10-21(25)17-36)34-28-16-30(13-7-11-23-26(30)14-22(32)15-27(23)33)38-19-24(28)29(35-31)37-18-20-8-3-2-4-9-20/h2-6,8-10,12,14-15,34,36H,7,11,13,16-19H2,1H3. The average Bonchev–Trinajstić information content (AvgIpc) is 2.96. The van der Waals surface area contributed by atoms with Gasteiger partial charge in [-0.1, -0.05) is 82.1 Å². The zero-order valence-electron chi connectivity index (χ0n) is 21.7. The first-order valence-electron chi connectivity index (χ1n) is 13.1. The molecule has 2 aliphatic heterocycles.